The van der Waals surface area contributed by atoms with E-state index < -0.39 is 17.7 Å². The highest BCUT2D eigenvalue weighted by Gasteiger charge is 2.58. The molecule has 1 aliphatic heterocycles. The first-order valence-electron chi connectivity index (χ1n) is 8.13. The lowest BCUT2D eigenvalue weighted by atomic mass is 9.83. The maximum Gasteiger partial charge on any atom is 0.236 e. The van der Waals surface area contributed by atoms with E-state index in [4.69, 9.17) is 0 Å². The van der Waals surface area contributed by atoms with Gasteiger partial charge < -0.3 is 25.4 Å². The molecule has 0 aliphatic carbocycles. The molecule has 0 spiro atoms. The van der Waals surface area contributed by atoms with Gasteiger partial charge in [0, 0.05) is 17.3 Å². The topological polar surface area (TPSA) is 100.0 Å². The summed E-state index contributed by atoms with van der Waals surface area (Å²) in [5, 5.41) is 42.2. The van der Waals surface area contributed by atoms with Crippen molar-refractivity contribution in [2.75, 3.05) is 7.05 Å². The molecule has 1 fully saturated rings. The summed E-state index contributed by atoms with van der Waals surface area (Å²) in [5.41, 5.74) is 7.06. The number of fused-ring (bicyclic) bond motifs is 1. The van der Waals surface area contributed by atoms with Crippen molar-refractivity contribution in [3.8, 4) is 0 Å². The second-order valence-corrected chi connectivity index (χ2v) is 7.19. The minimum Gasteiger partial charge on any atom is -0.367 e. The van der Waals surface area contributed by atoms with Crippen LogP contribution >= 0.6 is 0 Å². The summed E-state index contributed by atoms with van der Waals surface area (Å²) in [6.45, 7) is 8.18. The zero-order valence-electron chi connectivity index (χ0n) is 15.0. The van der Waals surface area contributed by atoms with Crippen molar-refractivity contribution in [2.45, 2.75) is 51.9 Å². The Morgan fingerprint density at radius 2 is 1.54 bits per heavy atom. The average Bonchev–Trinajstić information content (AvgIpc) is 2.91. The zero-order valence-corrected chi connectivity index (χ0v) is 15.0. The molecule has 0 amide bonds. The van der Waals surface area contributed by atoms with Gasteiger partial charge in [-0.25, -0.2) is 4.90 Å². The van der Waals surface area contributed by atoms with Crippen LogP contribution in [0.4, 0.5) is 0 Å². The average molecular weight is 332 g/mol. The van der Waals surface area contributed by atoms with Crippen molar-refractivity contribution in [1.29, 1.82) is 0 Å². The summed E-state index contributed by atoms with van der Waals surface area (Å²) in [6, 6.07) is 0. The number of aromatic nitrogens is 1. The van der Waals surface area contributed by atoms with Gasteiger partial charge in [-0.2, -0.15) is 0 Å². The Balaban J connectivity index is 2.34. The van der Waals surface area contributed by atoms with E-state index in [-0.39, 0.29) is 6.42 Å². The van der Waals surface area contributed by atoms with E-state index in [0.29, 0.717) is 0 Å². The van der Waals surface area contributed by atoms with E-state index in [0.717, 1.165) is 43.6 Å². The van der Waals surface area contributed by atoms with E-state index in [1.165, 1.54) is 12.6 Å². The van der Waals surface area contributed by atoms with Crippen LogP contribution in [0, 0.1) is 27.7 Å². The molecule has 5 N–H and O–H groups in total. The van der Waals surface area contributed by atoms with Gasteiger partial charge in [-0.3, -0.25) is 0 Å². The third-order valence-corrected chi connectivity index (χ3v) is 6.00. The van der Waals surface area contributed by atoms with Crippen LogP contribution in [-0.4, -0.2) is 57.0 Å². The van der Waals surface area contributed by atoms with Crippen LogP contribution in [0.15, 0.2) is 0 Å². The maximum absolute atomic E-state index is 10.5. The Labute approximate surface area is 142 Å². The summed E-state index contributed by atoms with van der Waals surface area (Å²) in [7, 11) is 3.17. The zero-order chi connectivity index (χ0) is 18.2. The summed E-state index contributed by atoms with van der Waals surface area (Å²) in [6.07, 6.45) is -0.185. The SMILES string of the molecule is Bc1[nH]c2c(C)c(C)c(C)c(C)c2c1C1CC(O)(O)N(C)C1(O)O. The lowest BCUT2D eigenvalue weighted by molar-refractivity contribution is -0.336. The third kappa shape index (κ3) is 2.09. The number of H-pyrrole nitrogens is 1. The first-order chi connectivity index (χ1) is 10.9. The number of likely N-dealkylation sites (tertiary alicyclic amines) is 1. The van der Waals surface area contributed by atoms with E-state index in [2.05, 4.69) is 18.8 Å². The molecule has 1 unspecified atom stereocenters. The van der Waals surface area contributed by atoms with E-state index >= 15 is 0 Å². The number of likely N-dealkylation sites (N-methyl/N-ethyl adjacent to an activating group) is 1. The fraction of sp³-hybridized carbons (Fsp3) is 0.529. The van der Waals surface area contributed by atoms with Crippen molar-refractivity contribution >= 4 is 24.3 Å². The lowest BCUT2D eigenvalue weighted by Gasteiger charge is -2.32. The molecule has 1 aromatic heterocycles. The summed E-state index contributed by atoms with van der Waals surface area (Å²) < 4.78 is 0. The Morgan fingerprint density at radius 1 is 1.00 bits per heavy atom. The van der Waals surface area contributed by atoms with Crippen molar-refractivity contribution < 1.29 is 20.4 Å². The van der Waals surface area contributed by atoms with E-state index in [1.54, 1.807) is 0 Å². The van der Waals surface area contributed by atoms with Gasteiger partial charge in [-0.1, -0.05) is 0 Å². The quantitative estimate of drug-likeness (QED) is 0.353. The first kappa shape index (κ1) is 17.4. The van der Waals surface area contributed by atoms with Gasteiger partial charge >= 0.3 is 0 Å². The van der Waals surface area contributed by atoms with E-state index in [1.807, 2.05) is 21.7 Å². The Kier molecular flexibility index (Phi) is 3.68. The molecule has 1 saturated heterocycles. The molecule has 2 heterocycles. The largest absolute Gasteiger partial charge is 0.367 e. The van der Waals surface area contributed by atoms with Gasteiger partial charge in [0.15, 0.2) is 7.85 Å². The molecule has 1 aromatic carbocycles. The van der Waals surface area contributed by atoms with Crippen LogP contribution in [0.1, 0.15) is 40.2 Å². The number of benzene rings is 1. The van der Waals surface area contributed by atoms with Crippen LogP contribution in [0.25, 0.3) is 10.9 Å². The van der Waals surface area contributed by atoms with Crippen LogP contribution in [0.5, 0.6) is 0 Å². The fourth-order valence-electron chi connectivity index (χ4n) is 4.02. The normalized spacial score (nSPS) is 23.3. The smallest absolute Gasteiger partial charge is 0.236 e. The molecule has 0 saturated carbocycles. The minimum atomic E-state index is -2.34. The highest BCUT2D eigenvalue weighted by molar-refractivity contribution is 6.34. The standard InChI is InChI=1S/C17H25BN2O4/c1-7-8(2)10(4)14-12(9(7)3)13(15(18)19-14)11-6-16(21,22)20(5)17(11,23)24/h11,19,21-24H,6,18H2,1-5H3. The molecule has 6 nitrogen and oxygen atoms in total. The number of nitrogens with zero attached hydrogens (tertiary/aromatic N) is 1. The van der Waals surface area contributed by atoms with Crippen molar-refractivity contribution in [3.63, 3.8) is 0 Å². The van der Waals surface area contributed by atoms with Gasteiger partial charge in [-0.15, -0.1) is 0 Å². The summed E-state index contributed by atoms with van der Waals surface area (Å²) in [4.78, 5) is 4.15. The second-order valence-electron chi connectivity index (χ2n) is 7.19. The van der Waals surface area contributed by atoms with Crippen molar-refractivity contribution in [1.82, 2.24) is 9.88 Å². The van der Waals surface area contributed by atoms with Gasteiger partial charge in [0.05, 0.1) is 5.92 Å². The molecule has 2 aromatic rings. The number of aryl methyl sites for hydroxylation is 2. The molecule has 130 valence electrons. The fourth-order valence-corrected chi connectivity index (χ4v) is 4.02. The third-order valence-electron chi connectivity index (χ3n) is 6.00. The van der Waals surface area contributed by atoms with E-state index in [9.17, 15) is 20.4 Å². The summed E-state index contributed by atoms with van der Waals surface area (Å²) >= 11 is 0. The number of hydrogen-bond acceptors (Lipinski definition) is 5. The molecule has 1 aliphatic rings. The first-order valence-corrected chi connectivity index (χ1v) is 8.13. The molecule has 7 heteroatoms. The minimum absolute atomic E-state index is 0.185. The highest BCUT2D eigenvalue weighted by atomic mass is 16.6. The molecule has 0 radical (unpaired) electrons. The number of hydrogen-bond donors (Lipinski definition) is 5. The summed E-state index contributed by atoms with van der Waals surface area (Å²) in [5.74, 6) is -5.46. The van der Waals surface area contributed by atoms with Crippen molar-refractivity contribution in [2.24, 2.45) is 0 Å². The Morgan fingerprint density at radius 3 is 2.04 bits per heavy atom. The van der Waals surface area contributed by atoms with Gasteiger partial charge in [-0.05, 0) is 68.2 Å². The Hall–Kier alpha value is -1.38. The number of aromatic amines is 1. The highest BCUT2D eigenvalue weighted by Crippen LogP contribution is 2.47. The number of nitrogens with one attached hydrogen (secondary N) is 1. The molecule has 24 heavy (non-hydrogen) atoms. The number of aliphatic hydroxyl groups is 4. The van der Waals surface area contributed by atoms with Crippen LogP contribution in [-0.2, 0) is 0 Å². The monoisotopic (exact) mass is 332 g/mol. The molecular weight excluding hydrogens is 307 g/mol. The molecule has 1 atom stereocenters. The van der Waals surface area contributed by atoms with Gasteiger partial charge in [0.1, 0.15) is 0 Å². The number of rotatable bonds is 1. The predicted molar refractivity (Wildman–Crippen MR) is 94.9 cm³/mol. The molecule has 0 bridgehead atoms. The molecule has 3 rings (SSSR count). The predicted octanol–water partition coefficient (Wildman–Crippen LogP) is -0.644. The van der Waals surface area contributed by atoms with Gasteiger partial charge in [0.25, 0.3) is 0 Å². The van der Waals surface area contributed by atoms with Gasteiger partial charge in [0.2, 0.25) is 11.8 Å². The van der Waals surface area contributed by atoms with Crippen molar-refractivity contribution in [3.05, 3.63) is 27.8 Å². The van der Waals surface area contributed by atoms with Crippen LogP contribution in [0.3, 0.4) is 0 Å². The molecular formula is C17H25BN2O4. The second kappa shape index (κ2) is 5.06. The van der Waals surface area contributed by atoms with Crippen LogP contribution < -0.4 is 5.59 Å². The maximum atomic E-state index is 10.5. The Bertz CT molecular complexity index is 841. The lowest BCUT2D eigenvalue weighted by Crippen LogP contribution is -2.53. The van der Waals surface area contributed by atoms with Crippen LogP contribution in [0.2, 0.25) is 0 Å².